The molecule has 10 aromatic rings. The molecule has 11 rings (SSSR count). The minimum Gasteiger partial charge on any atom is -0.327 e. The van der Waals surface area contributed by atoms with Crippen LogP contribution in [0.5, 0.6) is 0 Å². The van der Waals surface area contributed by atoms with Gasteiger partial charge in [-0.25, -0.2) is 9.97 Å². The van der Waals surface area contributed by atoms with Crippen molar-refractivity contribution in [3.63, 3.8) is 0 Å². The fourth-order valence-electron chi connectivity index (χ4n) is 9.62. The molecule has 0 saturated heterocycles. The van der Waals surface area contributed by atoms with E-state index in [1.807, 2.05) is 17.5 Å². The minimum atomic E-state index is -2.99. The van der Waals surface area contributed by atoms with Crippen LogP contribution in [0.1, 0.15) is 25.0 Å². The third-order valence-corrected chi connectivity index (χ3v) is 18.3. The molecular weight excluding hydrogens is 741 g/mol. The van der Waals surface area contributed by atoms with E-state index >= 15 is 0 Å². The number of fused-ring (bicyclic) bond motifs is 7. The maximum Gasteiger partial charge on any atom is 0.179 e. The second-order valence-electron chi connectivity index (χ2n) is 15.9. The summed E-state index contributed by atoms with van der Waals surface area (Å²) in [7, 11) is -0.867. The summed E-state index contributed by atoms with van der Waals surface area (Å²) in [5, 5.41) is 7.83. The van der Waals surface area contributed by atoms with Crippen LogP contribution in [-0.2, 0) is 12.5 Å². The van der Waals surface area contributed by atoms with Gasteiger partial charge in [0.2, 0.25) is 0 Å². The number of aromatic nitrogens is 3. The second-order valence-corrected chi connectivity index (χ2v) is 20.7. The van der Waals surface area contributed by atoms with Crippen LogP contribution in [0.25, 0.3) is 42.6 Å². The minimum absolute atomic E-state index is 0.250. The maximum absolute atomic E-state index is 5.20. The number of aryl methyl sites for hydroxylation is 1. The van der Waals surface area contributed by atoms with E-state index in [-0.39, 0.29) is 5.41 Å². The number of pyridine rings is 1. The molecule has 0 unspecified atom stereocenters. The highest BCUT2D eigenvalue weighted by atomic mass is 32.1. The number of anilines is 3. The average Bonchev–Trinajstić information content (AvgIpc) is 3.83. The lowest BCUT2D eigenvalue weighted by atomic mass is 9.74. The fourth-order valence-corrected chi connectivity index (χ4v) is 15.7. The van der Waals surface area contributed by atoms with Gasteiger partial charge in [-0.1, -0.05) is 159 Å². The van der Waals surface area contributed by atoms with Gasteiger partial charge in [-0.05, 0) is 62.7 Å². The van der Waals surface area contributed by atoms with Gasteiger partial charge in [-0.15, -0.1) is 11.3 Å². The van der Waals surface area contributed by atoms with Crippen molar-refractivity contribution in [2.45, 2.75) is 19.3 Å². The summed E-state index contributed by atoms with van der Waals surface area (Å²) < 4.78 is 4.81. The highest BCUT2D eigenvalue weighted by molar-refractivity contribution is 7.26. The molecule has 0 N–H and O–H groups in total. The Bertz CT molecular complexity index is 3140. The zero-order valence-corrected chi connectivity index (χ0v) is 34.4. The first-order valence-electron chi connectivity index (χ1n) is 19.9. The molecule has 7 aromatic carbocycles. The Hall–Kier alpha value is -6.60. The summed E-state index contributed by atoms with van der Waals surface area (Å²) in [5.74, 6) is 1.95. The molecule has 0 spiro atoms. The van der Waals surface area contributed by atoms with E-state index in [0.29, 0.717) is 0 Å². The molecule has 0 aliphatic carbocycles. The molecule has 278 valence electrons. The topological polar surface area (TPSA) is 34.0 Å². The molecule has 6 heteroatoms. The SMILES string of the molecule is Cn1c(-c2cccc([Si](c3ccccc3)(c3ccccc3)c3cccc(N4c5ncccc5C(C)(C)c5ccc6c(sc7ccccc76)c54)c3)c2)nc2ccccc21. The van der Waals surface area contributed by atoms with Crippen LogP contribution in [0.3, 0.4) is 0 Å². The zero-order valence-electron chi connectivity index (χ0n) is 32.6. The average molecular weight is 781 g/mol. The maximum atomic E-state index is 5.20. The summed E-state index contributed by atoms with van der Waals surface area (Å²) in [4.78, 5) is 12.8. The quantitative estimate of drug-likeness (QED) is 0.125. The fraction of sp³-hybridized carbons (Fsp3) is 0.0769. The predicted molar refractivity (Wildman–Crippen MR) is 247 cm³/mol. The van der Waals surface area contributed by atoms with Gasteiger partial charge >= 0.3 is 0 Å². The van der Waals surface area contributed by atoms with Crippen LogP contribution >= 0.6 is 11.3 Å². The molecule has 58 heavy (non-hydrogen) atoms. The third kappa shape index (κ3) is 5.05. The van der Waals surface area contributed by atoms with Crippen LogP contribution in [0.2, 0.25) is 0 Å². The number of thiophene rings is 1. The van der Waals surface area contributed by atoms with Crippen molar-refractivity contribution in [2.24, 2.45) is 7.05 Å². The van der Waals surface area contributed by atoms with Gasteiger partial charge < -0.3 is 4.57 Å². The number of para-hydroxylation sites is 2. The van der Waals surface area contributed by atoms with Crippen LogP contribution in [-0.4, -0.2) is 22.6 Å². The number of rotatable bonds is 6. The summed E-state index contributed by atoms with van der Waals surface area (Å²) in [6.07, 6.45) is 1.95. The Labute approximate surface area is 343 Å². The number of benzene rings is 7. The third-order valence-electron chi connectivity index (χ3n) is 12.4. The number of hydrogen-bond donors (Lipinski definition) is 0. The van der Waals surface area contributed by atoms with Gasteiger partial charge in [-0.2, -0.15) is 0 Å². The highest BCUT2D eigenvalue weighted by Crippen LogP contribution is 2.55. The van der Waals surface area contributed by atoms with Gasteiger partial charge in [0.05, 0.1) is 21.4 Å². The molecule has 1 aliphatic heterocycles. The Morgan fingerprint density at radius 1 is 0.569 bits per heavy atom. The molecule has 0 saturated carbocycles. The molecule has 0 atom stereocenters. The van der Waals surface area contributed by atoms with Gasteiger partial charge in [0.25, 0.3) is 0 Å². The molecule has 0 amide bonds. The van der Waals surface area contributed by atoms with E-state index in [1.54, 1.807) is 0 Å². The van der Waals surface area contributed by atoms with Crippen molar-refractivity contribution in [3.05, 3.63) is 199 Å². The van der Waals surface area contributed by atoms with E-state index < -0.39 is 8.07 Å². The lowest BCUT2D eigenvalue weighted by Gasteiger charge is -2.42. The van der Waals surface area contributed by atoms with Crippen LogP contribution in [0, 0.1) is 0 Å². The van der Waals surface area contributed by atoms with E-state index in [9.17, 15) is 0 Å². The highest BCUT2D eigenvalue weighted by Gasteiger charge is 2.43. The number of hydrogen-bond acceptors (Lipinski definition) is 4. The van der Waals surface area contributed by atoms with Gasteiger partial charge in [0, 0.05) is 50.9 Å². The smallest absolute Gasteiger partial charge is 0.179 e. The lowest BCUT2D eigenvalue weighted by molar-refractivity contribution is 0.629. The summed E-state index contributed by atoms with van der Waals surface area (Å²) >= 11 is 1.88. The van der Waals surface area contributed by atoms with Gasteiger partial charge in [0.15, 0.2) is 8.07 Å². The first-order valence-corrected chi connectivity index (χ1v) is 22.7. The van der Waals surface area contributed by atoms with Gasteiger partial charge in [0.1, 0.15) is 11.6 Å². The Morgan fingerprint density at radius 2 is 1.24 bits per heavy atom. The number of nitrogens with zero attached hydrogens (tertiary/aromatic N) is 4. The zero-order chi connectivity index (χ0) is 39.0. The van der Waals surface area contributed by atoms with Crippen LogP contribution in [0.4, 0.5) is 17.2 Å². The van der Waals surface area contributed by atoms with Crippen molar-refractivity contribution >= 4 is 88.6 Å². The van der Waals surface area contributed by atoms with Crippen LogP contribution < -0.4 is 25.6 Å². The molecule has 4 nitrogen and oxygen atoms in total. The summed E-state index contributed by atoms with van der Waals surface area (Å²) in [5.41, 5.74) is 7.84. The van der Waals surface area contributed by atoms with Crippen LogP contribution in [0.15, 0.2) is 188 Å². The monoisotopic (exact) mass is 780 g/mol. The Morgan fingerprint density at radius 3 is 2.02 bits per heavy atom. The molecule has 0 bridgehead atoms. The van der Waals surface area contributed by atoms with Crippen molar-refractivity contribution in [1.29, 1.82) is 0 Å². The molecule has 0 radical (unpaired) electrons. The molecule has 1 aliphatic rings. The number of imidazole rings is 1. The standard InChI is InChI=1S/C52H40N4SSi/c1-52(2)43-31-30-42-41-25-10-13-29-47(41)57-49(42)48(43)56(51-44(52)26-16-32-53-51)36-18-15-24-40(34-36)58(37-19-6-4-7-20-37,38-21-8-5-9-22-38)39-23-14-17-35(33-39)50-54-45-27-11-12-28-46(45)55(50)3/h4-34H,1-3H3. The summed E-state index contributed by atoms with van der Waals surface area (Å²) in [6, 6.07) is 67.2. The Kier molecular flexibility index (Phi) is 7.90. The molecule has 0 fully saturated rings. The second kappa shape index (κ2) is 13.2. The van der Waals surface area contributed by atoms with Gasteiger partial charge in [-0.3, -0.25) is 4.90 Å². The molecule has 3 aromatic heterocycles. The van der Waals surface area contributed by atoms with E-state index in [2.05, 4.69) is 212 Å². The molecule has 4 heterocycles. The largest absolute Gasteiger partial charge is 0.327 e. The van der Waals surface area contributed by atoms with Crippen molar-refractivity contribution < 1.29 is 0 Å². The van der Waals surface area contributed by atoms with Crippen molar-refractivity contribution in [1.82, 2.24) is 14.5 Å². The molecular formula is C52H40N4SSi. The lowest BCUT2D eigenvalue weighted by Crippen LogP contribution is -2.74. The summed E-state index contributed by atoms with van der Waals surface area (Å²) in [6.45, 7) is 4.69. The van der Waals surface area contributed by atoms with E-state index in [0.717, 1.165) is 33.9 Å². The predicted octanol–water partition coefficient (Wildman–Crippen LogP) is 10.5. The first-order chi connectivity index (χ1) is 28.4. The Balaban J connectivity index is 1.20. The normalized spacial score (nSPS) is 13.5. The van der Waals surface area contributed by atoms with Crippen molar-refractivity contribution in [2.75, 3.05) is 4.90 Å². The van der Waals surface area contributed by atoms with Crippen molar-refractivity contribution in [3.8, 4) is 11.4 Å². The van der Waals surface area contributed by atoms with E-state index in [1.165, 1.54) is 57.7 Å². The first kappa shape index (κ1) is 34.6. The van der Waals surface area contributed by atoms with E-state index in [4.69, 9.17) is 9.97 Å².